The number of rotatable bonds is 2. The van der Waals surface area contributed by atoms with Crippen LogP contribution < -0.4 is 5.32 Å². The van der Waals surface area contributed by atoms with Crippen LogP contribution in [0.5, 0.6) is 0 Å². The van der Waals surface area contributed by atoms with E-state index in [1.807, 2.05) is 13.8 Å². The van der Waals surface area contributed by atoms with Crippen LogP contribution in [0.3, 0.4) is 0 Å². The molecule has 0 bridgehead atoms. The summed E-state index contributed by atoms with van der Waals surface area (Å²) >= 11 is 1.40. The lowest BCUT2D eigenvalue weighted by Gasteiger charge is -2.00. The molecule has 0 unspecified atom stereocenters. The molecule has 2 aromatic heterocycles. The lowest BCUT2D eigenvalue weighted by molar-refractivity contribution is 0.102. The highest BCUT2D eigenvalue weighted by Gasteiger charge is 2.10. The molecule has 6 heteroatoms. The number of anilines is 1. The van der Waals surface area contributed by atoms with Crippen molar-refractivity contribution in [3.63, 3.8) is 0 Å². The van der Waals surface area contributed by atoms with E-state index in [0.717, 1.165) is 16.6 Å². The van der Waals surface area contributed by atoms with Crippen molar-refractivity contribution in [1.29, 1.82) is 0 Å². The third-order valence-electron chi connectivity index (χ3n) is 2.24. The normalized spacial score (nSPS) is 10.3. The number of nitrogens with one attached hydrogen (secondary N) is 1. The van der Waals surface area contributed by atoms with Gasteiger partial charge in [-0.25, -0.2) is 9.97 Å². The Hall–Kier alpha value is -1.82. The first kappa shape index (κ1) is 11.7. The van der Waals surface area contributed by atoms with Crippen LogP contribution in [0.2, 0.25) is 0 Å². The predicted octanol–water partition coefficient (Wildman–Crippen LogP) is 2.55. The molecule has 88 valence electrons. The van der Waals surface area contributed by atoms with E-state index in [9.17, 15) is 9.18 Å². The molecule has 0 saturated heterocycles. The number of pyridine rings is 1. The van der Waals surface area contributed by atoms with Crippen LogP contribution in [0.25, 0.3) is 0 Å². The van der Waals surface area contributed by atoms with Gasteiger partial charge in [0.05, 0.1) is 11.3 Å². The summed E-state index contributed by atoms with van der Waals surface area (Å²) in [5.74, 6) is -0.950. The minimum atomic E-state index is -0.609. The SMILES string of the molecule is Cc1nc(NC(=O)c2ccc(F)nc2)sc1C. The molecule has 2 aromatic rings. The lowest BCUT2D eigenvalue weighted by Crippen LogP contribution is -2.12. The van der Waals surface area contributed by atoms with E-state index in [0.29, 0.717) is 10.7 Å². The highest BCUT2D eigenvalue weighted by molar-refractivity contribution is 7.15. The van der Waals surface area contributed by atoms with E-state index in [1.165, 1.54) is 23.6 Å². The van der Waals surface area contributed by atoms with Crippen LogP contribution in [0.4, 0.5) is 9.52 Å². The van der Waals surface area contributed by atoms with Gasteiger partial charge >= 0.3 is 0 Å². The van der Waals surface area contributed by atoms with Crippen LogP contribution in [0.1, 0.15) is 20.9 Å². The van der Waals surface area contributed by atoms with Gasteiger partial charge in [-0.2, -0.15) is 4.39 Å². The van der Waals surface area contributed by atoms with Crippen molar-refractivity contribution >= 4 is 22.4 Å². The Bertz CT molecular complexity index is 531. The summed E-state index contributed by atoms with van der Waals surface area (Å²) in [7, 11) is 0. The Morgan fingerprint density at radius 3 is 2.71 bits per heavy atom. The summed E-state index contributed by atoms with van der Waals surface area (Å²) in [5, 5.41) is 3.18. The van der Waals surface area contributed by atoms with Crippen LogP contribution in [0.15, 0.2) is 18.3 Å². The maximum absolute atomic E-state index is 12.6. The molecule has 1 amide bonds. The Morgan fingerprint density at radius 1 is 1.41 bits per heavy atom. The third-order valence-corrected chi connectivity index (χ3v) is 3.23. The van der Waals surface area contributed by atoms with Gasteiger partial charge in [0.1, 0.15) is 0 Å². The molecular weight excluding hydrogens is 241 g/mol. The number of hydrogen-bond donors (Lipinski definition) is 1. The molecule has 4 nitrogen and oxygen atoms in total. The zero-order valence-corrected chi connectivity index (χ0v) is 10.1. The minimum Gasteiger partial charge on any atom is -0.298 e. The fourth-order valence-corrected chi connectivity index (χ4v) is 2.02. The van der Waals surface area contributed by atoms with Crippen LogP contribution in [-0.2, 0) is 0 Å². The number of amides is 1. The van der Waals surface area contributed by atoms with Gasteiger partial charge in [-0.3, -0.25) is 10.1 Å². The standard InChI is InChI=1S/C11H10FN3OS/c1-6-7(2)17-11(14-6)15-10(16)8-3-4-9(12)13-5-8/h3-5H,1-2H3,(H,14,15,16). The molecule has 2 rings (SSSR count). The van der Waals surface area contributed by atoms with Crippen molar-refractivity contribution < 1.29 is 9.18 Å². The molecule has 17 heavy (non-hydrogen) atoms. The molecule has 0 aliphatic carbocycles. The molecule has 2 heterocycles. The summed E-state index contributed by atoms with van der Waals surface area (Å²) in [6, 6.07) is 2.53. The fraction of sp³-hybridized carbons (Fsp3) is 0.182. The topological polar surface area (TPSA) is 54.9 Å². The smallest absolute Gasteiger partial charge is 0.259 e. The van der Waals surface area contributed by atoms with E-state index >= 15 is 0 Å². The van der Waals surface area contributed by atoms with Crippen molar-refractivity contribution in [3.05, 3.63) is 40.4 Å². The van der Waals surface area contributed by atoms with Gasteiger partial charge in [0.2, 0.25) is 5.95 Å². The van der Waals surface area contributed by atoms with Gasteiger partial charge in [0.25, 0.3) is 5.91 Å². The zero-order valence-electron chi connectivity index (χ0n) is 9.32. The number of carbonyl (C=O) groups excluding carboxylic acids is 1. The highest BCUT2D eigenvalue weighted by atomic mass is 32.1. The Kier molecular flexibility index (Phi) is 3.14. The van der Waals surface area contributed by atoms with E-state index in [2.05, 4.69) is 15.3 Å². The molecule has 0 saturated carbocycles. The van der Waals surface area contributed by atoms with Crippen LogP contribution in [-0.4, -0.2) is 15.9 Å². The first-order valence-corrected chi connectivity index (χ1v) is 5.75. The molecule has 0 aliphatic rings. The van der Waals surface area contributed by atoms with Gasteiger partial charge in [-0.05, 0) is 26.0 Å². The van der Waals surface area contributed by atoms with Gasteiger partial charge in [0.15, 0.2) is 5.13 Å². The fourth-order valence-electron chi connectivity index (χ4n) is 1.21. The van der Waals surface area contributed by atoms with Crippen LogP contribution >= 0.6 is 11.3 Å². The minimum absolute atomic E-state index is 0.303. The first-order valence-electron chi connectivity index (χ1n) is 4.93. The second kappa shape index (κ2) is 4.58. The average molecular weight is 251 g/mol. The Labute approximate surface area is 102 Å². The van der Waals surface area contributed by atoms with Crippen molar-refractivity contribution in [2.75, 3.05) is 5.32 Å². The maximum Gasteiger partial charge on any atom is 0.259 e. The molecular formula is C11H10FN3OS. The molecule has 0 aliphatic heterocycles. The summed E-state index contributed by atoms with van der Waals surface area (Å²) < 4.78 is 12.6. The Morgan fingerprint density at radius 2 is 2.18 bits per heavy atom. The second-order valence-electron chi connectivity index (χ2n) is 3.48. The summed E-state index contributed by atoms with van der Waals surface area (Å²) in [6.45, 7) is 3.81. The number of hydrogen-bond acceptors (Lipinski definition) is 4. The molecule has 0 aromatic carbocycles. The van der Waals surface area contributed by atoms with E-state index in [1.54, 1.807) is 0 Å². The third kappa shape index (κ3) is 2.65. The molecule has 0 radical (unpaired) electrons. The Balaban J connectivity index is 2.14. The molecule has 0 atom stereocenters. The molecule has 1 N–H and O–H groups in total. The highest BCUT2D eigenvalue weighted by Crippen LogP contribution is 2.21. The van der Waals surface area contributed by atoms with Crippen molar-refractivity contribution in [1.82, 2.24) is 9.97 Å². The number of aryl methyl sites for hydroxylation is 2. The largest absolute Gasteiger partial charge is 0.298 e. The van der Waals surface area contributed by atoms with Gasteiger partial charge in [-0.1, -0.05) is 0 Å². The monoisotopic (exact) mass is 251 g/mol. The van der Waals surface area contributed by atoms with Crippen molar-refractivity contribution in [3.8, 4) is 0 Å². The lowest BCUT2D eigenvalue weighted by atomic mass is 10.3. The van der Waals surface area contributed by atoms with E-state index in [4.69, 9.17) is 0 Å². The van der Waals surface area contributed by atoms with Gasteiger partial charge in [-0.15, -0.1) is 11.3 Å². The number of nitrogens with zero attached hydrogens (tertiary/aromatic N) is 2. The van der Waals surface area contributed by atoms with Crippen molar-refractivity contribution in [2.24, 2.45) is 0 Å². The molecule has 0 spiro atoms. The first-order chi connectivity index (χ1) is 8.06. The molecule has 0 fully saturated rings. The zero-order chi connectivity index (χ0) is 12.4. The van der Waals surface area contributed by atoms with Crippen LogP contribution in [0, 0.1) is 19.8 Å². The quantitative estimate of drug-likeness (QED) is 0.834. The van der Waals surface area contributed by atoms with Crippen molar-refractivity contribution in [2.45, 2.75) is 13.8 Å². The number of carbonyl (C=O) groups is 1. The predicted molar refractivity (Wildman–Crippen MR) is 63.7 cm³/mol. The summed E-state index contributed by atoms with van der Waals surface area (Å²) in [4.78, 5) is 20.4. The average Bonchev–Trinajstić information content (AvgIpc) is 2.58. The summed E-state index contributed by atoms with van der Waals surface area (Å²) in [5.41, 5.74) is 1.19. The van der Waals surface area contributed by atoms with E-state index < -0.39 is 5.95 Å². The van der Waals surface area contributed by atoms with E-state index in [-0.39, 0.29) is 5.91 Å². The number of halogens is 1. The summed E-state index contributed by atoms with van der Waals surface area (Å²) in [6.07, 6.45) is 1.19. The second-order valence-corrected chi connectivity index (χ2v) is 4.69. The van der Waals surface area contributed by atoms with Gasteiger partial charge < -0.3 is 0 Å². The maximum atomic E-state index is 12.6. The van der Waals surface area contributed by atoms with Gasteiger partial charge in [0, 0.05) is 11.1 Å². The number of aromatic nitrogens is 2. The number of thiazole rings is 1.